The van der Waals surface area contributed by atoms with E-state index in [1.165, 1.54) is 62.8 Å². The molecule has 5 heteroatoms. The maximum atomic E-state index is 13.2. The first-order valence-corrected chi connectivity index (χ1v) is 11.7. The second-order valence-corrected chi connectivity index (χ2v) is 10.7. The molecule has 1 aromatic rings. The number of carbonyl (C=O) groups excluding carboxylic acids is 2. The highest BCUT2D eigenvalue weighted by molar-refractivity contribution is 5.94. The number of halogens is 1. The zero-order chi connectivity index (χ0) is 20.9. The Labute approximate surface area is 178 Å². The highest BCUT2D eigenvalue weighted by Crippen LogP contribution is 2.60. The zero-order valence-electron chi connectivity index (χ0n) is 18.0. The third-order valence-electron chi connectivity index (χ3n) is 8.34. The van der Waals surface area contributed by atoms with Crippen molar-refractivity contribution in [1.29, 1.82) is 0 Å². The lowest BCUT2D eigenvalue weighted by molar-refractivity contribution is -0.140. The van der Waals surface area contributed by atoms with Crippen molar-refractivity contribution in [3.05, 3.63) is 35.6 Å². The Hall–Kier alpha value is -1.91. The van der Waals surface area contributed by atoms with Crippen LogP contribution in [0.25, 0.3) is 0 Å². The molecule has 2 amide bonds. The number of hydrogen-bond donors (Lipinski definition) is 0. The van der Waals surface area contributed by atoms with Crippen LogP contribution in [0.1, 0.15) is 61.7 Å². The zero-order valence-corrected chi connectivity index (χ0v) is 18.0. The van der Waals surface area contributed by atoms with Crippen LogP contribution in [0.3, 0.4) is 0 Å². The lowest BCUT2D eigenvalue weighted by Crippen LogP contribution is -2.52. The molecule has 6 rings (SSSR count). The molecule has 0 radical (unpaired) electrons. The van der Waals surface area contributed by atoms with Crippen LogP contribution in [0.4, 0.5) is 4.39 Å². The number of hydrogen-bond acceptors (Lipinski definition) is 2. The van der Waals surface area contributed by atoms with E-state index in [9.17, 15) is 14.0 Å². The van der Waals surface area contributed by atoms with E-state index in [0.717, 1.165) is 37.1 Å². The van der Waals surface area contributed by atoms with Crippen LogP contribution >= 0.6 is 0 Å². The third kappa shape index (κ3) is 3.76. The second kappa shape index (κ2) is 7.65. The van der Waals surface area contributed by atoms with Gasteiger partial charge in [-0.25, -0.2) is 4.39 Å². The number of amides is 2. The average molecular weight is 413 g/mol. The van der Waals surface area contributed by atoms with Crippen molar-refractivity contribution in [2.24, 2.45) is 29.1 Å². The Bertz CT molecular complexity index is 778. The Morgan fingerprint density at radius 1 is 1.00 bits per heavy atom. The van der Waals surface area contributed by atoms with Gasteiger partial charge in [0.05, 0.1) is 0 Å². The summed E-state index contributed by atoms with van der Waals surface area (Å²) in [7, 11) is 2.00. The van der Waals surface area contributed by atoms with Crippen LogP contribution < -0.4 is 0 Å². The first-order chi connectivity index (χ1) is 14.4. The highest BCUT2D eigenvalue weighted by Gasteiger charge is 2.51. The molecule has 162 valence electrons. The van der Waals surface area contributed by atoms with E-state index in [4.69, 9.17) is 0 Å². The molecule has 4 saturated carbocycles. The molecule has 1 saturated heterocycles. The van der Waals surface area contributed by atoms with Crippen LogP contribution in [0, 0.1) is 34.9 Å². The molecule has 5 aliphatic rings. The second-order valence-electron chi connectivity index (χ2n) is 10.7. The Morgan fingerprint density at radius 2 is 1.53 bits per heavy atom. The molecule has 1 heterocycles. The van der Waals surface area contributed by atoms with Crippen molar-refractivity contribution in [3.63, 3.8) is 0 Å². The lowest BCUT2D eigenvalue weighted by atomic mass is 9.49. The predicted octanol–water partition coefficient (Wildman–Crippen LogP) is 4.35. The predicted molar refractivity (Wildman–Crippen MR) is 113 cm³/mol. The number of likely N-dealkylation sites (tertiary alicyclic amines) is 1. The monoisotopic (exact) mass is 412 g/mol. The van der Waals surface area contributed by atoms with E-state index in [-0.39, 0.29) is 23.5 Å². The summed E-state index contributed by atoms with van der Waals surface area (Å²) in [6.45, 7) is 2.11. The van der Waals surface area contributed by atoms with Gasteiger partial charge in [-0.05, 0) is 98.8 Å². The van der Waals surface area contributed by atoms with Crippen molar-refractivity contribution in [2.75, 3.05) is 26.7 Å². The summed E-state index contributed by atoms with van der Waals surface area (Å²) >= 11 is 0. The summed E-state index contributed by atoms with van der Waals surface area (Å²) in [4.78, 5) is 29.7. The lowest BCUT2D eigenvalue weighted by Gasteiger charge is -2.57. The first kappa shape index (κ1) is 20.0. The molecule has 30 heavy (non-hydrogen) atoms. The molecule has 4 aliphatic carbocycles. The molecule has 0 N–H and O–H groups in total. The first-order valence-electron chi connectivity index (χ1n) is 11.7. The Balaban J connectivity index is 1.16. The number of carbonyl (C=O) groups is 2. The summed E-state index contributed by atoms with van der Waals surface area (Å²) < 4.78 is 13.1. The SMILES string of the molecule is CN(CC12CC3CC(CC(C3)C1)C2)C(=O)C1CCN(C(=O)c2ccc(F)cc2)CC1. The molecule has 4 bridgehead atoms. The van der Waals surface area contributed by atoms with Gasteiger partial charge in [0, 0.05) is 38.2 Å². The number of nitrogens with zero attached hydrogens (tertiary/aromatic N) is 2. The van der Waals surface area contributed by atoms with Crippen molar-refractivity contribution in [3.8, 4) is 0 Å². The van der Waals surface area contributed by atoms with E-state index < -0.39 is 0 Å². The van der Waals surface area contributed by atoms with Crippen molar-refractivity contribution < 1.29 is 14.0 Å². The van der Waals surface area contributed by atoms with Gasteiger partial charge >= 0.3 is 0 Å². The third-order valence-corrected chi connectivity index (χ3v) is 8.34. The number of piperidine rings is 1. The van der Waals surface area contributed by atoms with Crippen molar-refractivity contribution >= 4 is 11.8 Å². The minimum absolute atomic E-state index is 0.0150. The molecule has 1 aromatic carbocycles. The topological polar surface area (TPSA) is 40.6 Å². The van der Waals surface area contributed by atoms with E-state index >= 15 is 0 Å². The molecule has 0 unspecified atom stereocenters. The summed E-state index contributed by atoms with van der Waals surface area (Å²) in [6, 6.07) is 5.72. The molecule has 0 spiro atoms. The van der Waals surface area contributed by atoms with Crippen LogP contribution in [-0.4, -0.2) is 48.3 Å². The maximum absolute atomic E-state index is 13.2. The van der Waals surface area contributed by atoms with Crippen LogP contribution in [-0.2, 0) is 4.79 Å². The van der Waals surface area contributed by atoms with Gasteiger partial charge in [0.25, 0.3) is 5.91 Å². The van der Waals surface area contributed by atoms with Crippen LogP contribution in [0.2, 0.25) is 0 Å². The fourth-order valence-corrected chi connectivity index (χ4v) is 7.48. The summed E-state index contributed by atoms with van der Waals surface area (Å²) in [5.41, 5.74) is 0.887. The summed E-state index contributed by atoms with van der Waals surface area (Å²) in [6.07, 6.45) is 9.68. The standard InChI is InChI=1S/C25H33FN2O2/c1-27(16-25-13-17-10-18(14-25)12-19(11-17)15-25)23(29)21-6-8-28(9-7-21)24(30)20-2-4-22(26)5-3-20/h2-5,17-19,21H,6-16H2,1H3. The van der Waals surface area contributed by atoms with Gasteiger partial charge in [0.1, 0.15) is 5.82 Å². The van der Waals surface area contributed by atoms with Gasteiger partial charge in [-0.2, -0.15) is 0 Å². The molecule has 0 atom stereocenters. The largest absolute Gasteiger partial charge is 0.345 e. The quantitative estimate of drug-likeness (QED) is 0.738. The number of benzene rings is 1. The minimum atomic E-state index is -0.335. The minimum Gasteiger partial charge on any atom is -0.345 e. The van der Waals surface area contributed by atoms with E-state index in [1.54, 1.807) is 4.90 Å². The van der Waals surface area contributed by atoms with Gasteiger partial charge in [-0.3, -0.25) is 9.59 Å². The summed E-state index contributed by atoms with van der Waals surface area (Å²) in [5, 5.41) is 0. The van der Waals surface area contributed by atoms with Crippen LogP contribution in [0.15, 0.2) is 24.3 Å². The smallest absolute Gasteiger partial charge is 0.253 e. The highest BCUT2D eigenvalue weighted by atomic mass is 19.1. The van der Waals surface area contributed by atoms with E-state index in [0.29, 0.717) is 24.1 Å². The van der Waals surface area contributed by atoms with Gasteiger partial charge in [-0.15, -0.1) is 0 Å². The van der Waals surface area contributed by atoms with Crippen molar-refractivity contribution in [2.45, 2.75) is 51.4 Å². The molecular weight excluding hydrogens is 379 g/mol. The molecule has 5 fully saturated rings. The molecule has 1 aliphatic heterocycles. The Kier molecular flexibility index (Phi) is 5.11. The molecule has 4 nitrogen and oxygen atoms in total. The van der Waals surface area contributed by atoms with Crippen LogP contribution in [0.5, 0.6) is 0 Å². The maximum Gasteiger partial charge on any atom is 0.253 e. The van der Waals surface area contributed by atoms with Gasteiger partial charge in [-0.1, -0.05) is 0 Å². The van der Waals surface area contributed by atoms with E-state index in [1.807, 2.05) is 11.9 Å². The van der Waals surface area contributed by atoms with E-state index in [2.05, 4.69) is 0 Å². The molecular formula is C25H33FN2O2. The molecule has 0 aromatic heterocycles. The Morgan fingerprint density at radius 3 is 2.07 bits per heavy atom. The van der Waals surface area contributed by atoms with Gasteiger partial charge < -0.3 is 9.80 Å². The summed E-state index contributed by atoms with van der Waals surface area (Å²) in [5.74, 6) is 2.59. The van der Waals surface area contributed by atoms with Gasteiger partial charge in [0.15, 0.2) is 0 Å². The number of rotatable bonds is 4. The average Bonchev–Trinajstić information content (AvgIpc) is 2.72. The normalized spacial score (nSPS) is 33.0. The fourth-order valence-electron chi connectivity index (χ4n) is 7.48. The fraction of sp³-hybridized carbons (Fsp3) is 0.680. The van der Waals surface area contributed by atoms with Gasteiger partial charge in [0.2, 0.25) is 5.91 Å². The van der Waals surface area contributed by atoms with Crippen molar-refractivity contribution in [1.82, 2.24) is 9.80 Å².